The average molecular weight is 397 g/mol. The first-order chi connectivity index (χ1) is 13.3. The quantitative estimate of drug-likeness (QED) is 0.359. The highest BCUT2D eigenvalue weighted by Crippen LogP contribution is 2.67. The molecule has 2 bridgehead atoms. The van der Waals surface area contributed by atoms with Crippen LogP contribution in [0.2, 0.25) is 0 Å². The number of hydrogen-bond donors (Lipinski definition) is 0. The molecule has 10 atom stereocenters. The summed E-state index contributed by atoms with van der Waals surface area (Å²) in [5.74, 6) is 6.11. The summed E-state index contributed by atoms with van der Waals surface area (Å²) in [5.41, 5.74) is 10.5. The third kappa shape index (κ3) is 2.90. The summed E-state index contributed by atoms with van der Waals surface area (Å²) >= 11 is 0. The van der Waals surface area contributed by atoms with Crippen molar-refractivity contribution in [3.8, 4) is 0 Å². The summed E-state index contributed by atoms with van der Waals surface area (Å²) in [7, 11) is 0. The Balaban J connectivity index is 2.40. The van der Waals surface area contributed by atoms with Gasteiger partial charge in [0.25, 0.3) is 0 Å². The maximum Gasteiger partial charge on any atom is -0.00216 e. The van der Waals surface area contributed by atoms with Crippen LogP contribution < -0.4 is 0 Å². The van der Waals surface area contributed by atoms with Gasteiger partial charge in [-0.25, -0.2) is 0 Å². The molecular weight excluding hydrogens is 348 g/mol. The van der Waals surface area contributed by atoms with E-state index < -0.39 is 0 Å². The Morgan fingerprint density at radius 2 is 1.07 bits per heavy atom. The van der Waals surface area contributed by atoms with Crippen LogP contribution in [0.3, 0.4) is 0 Å². The molecule has 0 aromatic rings. The van der Waals surface area contributed by atoms with Gasteiger partial charge < -0.3 is 0 Å². The van der Waals surface area contributed by atoms with Crippen LogP contribution in [0, 0.1) is 58.7 Å². The SMILES string of the molecule is CC1=C(C)C(C)C(C)C2=C(C)[C@@H]3[C@H](C(C)=C(C)C1C)C(C)C(C)[C@]3(C)C(C)C2C. The summed E-state index contributed by atoms with van der Waals surface area (Å²) in [4.78, 5) is 0. The second-order valence-corrected chi connectivity index (χ2v) is 11.8. The third-order valence-electron chi connectivity index (χ3n) is 11.5. The Labute approximate surface area is 182 Å². The molecule has 0 nitrogen and oxygen atoms in total. The number of allylic oxidation sites excluding steroid dienone is 6. The molecule has 0 radical (unpaired) electrons. The Hall–Kier alpha value is -0.780. The van der Waals surface area contributed by atoms with Crippen LogP contribution >= 0.6 is 0 Å². The number of rotatable bonds is 0. The van der Waals surface area contributed by atoms with Crippen molar-refractivity contribution in [2.24, 2.45) is 58.7 Å². The minimum Gasteiger partial charge on any atom is -0.0704 e. The van der Waals surface area contributed by atoms with Crippen LogP contribution in [-0.2, 0) is 0 Å². The van der Waals surface area contributed by atoms with E-state index in [0.717, 1.165) is 17.8 Å². The lowest BCUT2D eigenvalue weighted by atomic mass is 9.52. The highest BCUT2D eigenvalue weighted by Gasteiger charge is 2.61. The molecule has 0 heterocycles. The Bertz CT molecular complexity index is 774. The van der Waals surface area contributed by atoms with Gasteiger partial charge in [0.15, 0.2) is 0 Å². The summed E-state index contributed by atoms with van der Waals surface area (Å²) in [6.07, 6.45) is 0. The molecule has 1 fully saturated rings. The van der Waals surface area contributed by atoms with Gasteiger partial charge in [0, 0.05) is 0 Å². The van der Waals surface area contributed by atoms with Gasteiger partial charge in [-0.2, -0.15) is 0 Å². The Kier molecular flexibility index (Phi) is 5.86. The van der Waals surface area contributed by atoms with Crippen molar-refractivity contribution < 1.29 is 0 Å². The third-order valence-corrected chi connectivity index (χ3v) is 11.5. The summed E-state index contributed by atoms with van der Waals surface area (Å²) < 4.78 is 0. The first-order valence-electron chi connectivity index (χ1n) is 12.3. The van der Waals surface area contributed by atoms with Crippen LogP contribution in [-0.4, -0.2) is 0 Å². The Morgan fingerprint density at radius 1 is 0.552 bits per heavy atom. The van der Waals surface area contributed by atoms with Crippen LogP contribution in [0.25, 0.3) is 0 Å². The van der Waals surface area contributed by atoms with Crippen molar-refractivity contribution in [2.75, 3.05) is 0 Å². The van der Waals surface area contributed by atoms with Gasteiger partial charge in [0.2, 0.25) is 0 Å². The molecule has 7 unspecified atom stereocenters. The maximum absolute atomic E-state index is 2.65. The predicted octanol–water partition coefficient (Wildman–Crippen LogP) is 8.71. The molecule has 0 aliphatic heterocycles. The second-order valence-electron chi connectivity index (χ2n) is 11.8. The van der Waals surface area contributed by atoms with Gasteiger partial charge in [0.1, 0.15) is 0 Å². The molecule has 0 spiro atoms. The van der Waals surface area contributed by atoms with Gasteiger partial charge in [-0.1, -0.05) is 88.8 Å². The lowest BCUT2D eigenvalue weighted by molar-refractivity contribution is 0.0459. The summed E-state index contributed by atoms with van der Waals surface area (Å²) in [6, 6.07) is 0. The molecule has 0 aromatic carbocycles. The Morgan fingerprint density at radius 3 is 1.62 bits per heavy atom. The minimum atomic E-state index is 0.399. The fourth-order valence-electron chi connectivity index (χ4n) is 8.32. The lowest BCUT2D eigenvalue weighted by Crippen LogP contribution is -2.45. The average Bonchev–Trinajstić information content (AvgIpc) is 2.90. The van der Waals surface area contributed by atoms with Crippen LogP contribution in [0.4, 0.5) is 0 Å². The molecule has 29 heavy (non-hydrogen) atoms. The molecule has 3 aliphatic carbocycles. The van der Waals surface area contributed by atoms with Crippen molar-refractivity contribution in [3.05, 3.63) is 33.4 Å². The highest BCUT2D eigenvalue weighted by atomic mass is 14.6. The normalized spacial score (nSPS) is 48.9. The van der Waals surface area contributed by atoms with E-state index in [2.05, 4.69) is 90.0 Å². The minimum absolute atomic E-state index is 0.399. The highest BCUT2D eigenvalue weighted by molar-refractivity contribution is 5.38. The van der Waals surface area contributed by atoms with Gasteiger partial charge in [-0.15, -0.1) is 0 Å². The predicted molar refractivity (Wildman–Crippen MR) is 129 cm³/mol. The van der Waals surface area contributed by atoms with Gasteiger partial charge in [-0.3, -0.25) is 0 Å². The van der Waals surface area contributed by atoms with E-state index in [-0.39, 0.29) is 0 Å². The molecule has 1 saturated carbocycles. The van der Waals surface area contributed by atoms with Crippen LogP contribution in [0.1, 0.15) is 90.0 Å². The largest absolute Gasteiger partial charge is 0.0704 e. The molecule has 3 aliphatic rings. The van der Waals surface area contributed by atoms with E-state index in [1.54, 1.807) is 33.4 Å². The van der Waals surface area contributed by atoms with E-state index in [0.29, 0.717) is 40.9 Å². The van der Waals surface area contributed by atoms with Crippen molar-refractivity contribution in [1.29, 1.82) is 0 Å². The van der Waals surface area contributed by atoms with Crippen molar-refractivity contribution >= 4 is 0 Å². The van der Waals surface area contributed by atoms with Crippen LogP contribution in [0.15, 0.2) is 33.4 Å². The van der Waals surface area contributed by atoms with Crippen molar-refractivity contribution in [1.82, 2.24) is 0 Å². The lowest BCUT2D eigenvalue weighted by Gasteiger charge is -2.52. The van der Waals surface area contributed by atoms with Crippen molar-refractivity contribution in [2.45, 2.75) is 90.0 Å². The van der Waals surface area contributed by atoms with E-state index in [1.165, 1.54) is 0 Å². The zero-order valence-corrected chi connectivity index (χ0v) is 21.7. The van der Waals surface area contributed by atoms with Crippen molar-refractivity contribution in [3.63, 3.8) is 0 Å². The molecule has 0 heteroatoms. The van der Waals surface area contributed by atoms with E-state index in [1.807, 2.05) is 0 Å². The first-order valence-corrected chi connectivity index (χ1v) is 12.3. The molecule has 0 aromatic heterocycles. The van der Waals surface area contributed by atoms with E-state index in [4.69, 9.17) is 0 Å². The first kappa shape index (κ1) is 22.9. The summed E-state index contributed by atoms with van der Waals surface area (Å²) in [6.45, 7) is 32.6. The smallest absolute Gasteiger partial charge is 0.00216 e. The van der Waals surface area contributed by atoms with E-state index >= 15 is 0 Å². The standard InChI is InChI=1S/C29H48/c1-14-15(2)17(4)19(6)26-21(8)24(11)29(13)25(12)22(9)27(28(29)23(26)10)20(7)18(5)16(14)3/h16-17,19,21-22,24-25,27-28H,1-13H3/t16?,17?,19?,21?,22?,24?,25?,27-,28-,29+/m1/s1. The fourth-order valence-corrected chi connectivity index (χ4v) is 8.32. The monoisotopic (exact) mass is 396 g/mol. The molecule has 3 rings (SSSR count). The number of hydrogen-bond acceptors (Lipinski definition) is 0. The second kappa shape index (κ2) is 7.42. The molecule has 0 amide bonds. The van der Waals surface area contributed by atoms with Crippen LogP contribution in [0.5, 0.6) is 0 Å². The van der Waals surface area contributed by atoms with Gasteiger partial charge in [-0.05, 0) is 93.3 Å². The van der Waals surface area contributed by atoms with Gasteiger partial charge in [0.05, 0.1) is 0 Å². The molecule has 164 valence electrons. The zero-order valence-electron chi connectivity index (χ0n) is 21.7. The maximum atomic E-state index is 2.65. The van der Waals surface area contributed by atoms with Gasteiger partial charge >= 0.3 is 0 Å². The topological polar surface area (TPSA) is 0 Å². The fraction of sp³-hybridized carbons (Fsp3) is 0.793. The summed E-state index contributed by atoms with van der Waals surface area (Å²) in [5, 5.41) is 0. The molecule has 0 N–H and O–H groups in total. The molecule has 0 saturated heterocycles. The zero-order chi connectivity index (χ0) is 22.2. The van der Waals surface area contributed by atoms with E-state index in [9.17, 15) is 0 Å². The molecular formula is C29H48.